The quantitative estimate of drug-likeness (QED) is 0.823. The first kappa shape index (κ1) is 17.4. The molecular formula is C13H8ClF4NO3S. The molecule has 0 unspecified atom stereocenters. The van der Waals surface area contributed by atoms with E-state index in [0.717, 1.165) is 30.3 Å². The highest BCUT2D eigenvalue weighted by atomic mass is 35.5. The largest absolute Gasteiger partial charge is 0.573 e. The van der Waals surface area contributed by atoms with E-state index in [1.807, 2.05) is 4.72 Å². The van der Waals surface area contributed by atoms with Gasteiger partial charge in [0.15, 0.2) is 0 Å². The molecular weight excluding hydrogens is 362 g/mol. The van der Waals surface area contributed by atoms with Crippen molar-refractivity contribution in [2.24, 2.45) is 0 Å². The number of benzene rings is 2. The number of rotatable bonds is 4. The molecule has 0 atom stereocenters. The highest BCUT2D eigenvalue weighted by Gasteiger charge is 2.31. The molecule has 0 spiro atoms. The summed E-state index contributed by atoms with van der Waals surface area (Å²) in [4.78, 5) is -0.520. The standard InChI is InChI=1S/C13H8ClF4NO3S/c14-8-4-5-12(11(15)6-8)19-23(20,21)10-3-1-2-9(7-10)22-13(16,17)18/h1-7,19H. The van der Waals surface area contributed by atoms with Gasteiger partial charge in [0.25, 0.3) is 10.0 Å². The number of hydrogen-bond donors (Lipinski definition) is 1. The van der Waals surface area contributed by atoms with Crippen molar-refractivity contribution < 1.29 is 30.7 Å². The fourth-order valence-corrected chi connectivity index (χ4v) is 2.88. The average Bonchev–Trinajstić information content (AvgIpc) is 2.40. The molecule has 2 aromatic carbocycles. The molecule has 0 amide bonds. The second kappa shape index (κ2) is 6.25. The second-order valence-corrected chi connectivity index (χ2v) is 6.37. The first-order valence-electron chi connectivity index (χ1n) is 5.90. The normalized spacial score (nSPS) is 12.0. The van der Waals surface area contributed by atoms with Gasteiger partial charge in [0.1, 0.15) is 11.6 Å². The van der Waals surface area contributed by atoms with Gasteiger partial charge < -0.3 is 4.74 Å². The van der Waals surface area contributed by atoms with Crippen LogP contribution in [-0.2, 0) is 10.0 Å². The molecule has 124 valence electrons. The summed E-state index contributed by atoms with van der Waals surface area (Å²) in [7, 11) is -4.31. The highest BCUT2D eigenvalue weighted by Crippen LogP contribution is 2.27. The van der Waals surface area contributed by atoms with Crippen LogP contribution in [-0.4, -0.2) is 14.8 Å². The fraction of sp³-hybridized carbons (Fsp3) is 0.0769. The Morgan fingerprint density at radius 3 is 2.39 bits per heavy atom. The minimum atomic E-state index is -4.96. The zero-order valence-corrected chi connectivity index (χ0v) is 12.6. The Bertz CT molecular complexity index is 824. The summed E-state index contributed by atoms with van der Waals surface area (Å²) in [6, 6.07) is 6.95. The smallest absolute Gasteiger partial charge is 0.406 e. The predicted octanol–water partition coefficient (Wildman–Crippen LogP) is 4.18. The lowest BCUT2D eigenvalue weighted by Crippen LogP contribution is -2.18. The van der Waals surface area contributed by atoms with E-state index in [-0.39, 0.29) is 5.02 Å². The third-order valence-corrected chi connectivity index (χ3v) is 4.12. The number of hydrogen-bond acceptors (Lipinski definition) is 3. The molecule has 0 aliphatic rings. The van der Waals surface area contributed by atoms with Gasteiger partial charge in [-0.2, -0.15) is 0 Å². The Balaban J connectivity index is 2.31. The van der Waals surface area contributed by atoms with Crippen LogP contribution in [0.5, 0.6) is 5.75 Å². The van der Waals surface area contributed by atoms with Crippen molar-refractivity contribution in [1.82, 2.24) is 0 Å². The van der Waals surface area contributed by atoms with E-state index >= 15 is 0 Å². The number of ether oxygens (including phenoxy) is 1. The average molecular weight is 370 g/mol. The zero-order chi connectivity index (χ0) is 17.3. The maximum Gasteiger partial charge on any atom is 0.573 e. The lowest BCUT2D eigenvalue weighted by Gasteiger charge is -2.12. The molecule has 0 bridgehead atoms. The van der Waals surface area contributed by atoms with Crippen molar-refractivity contribution in [3.05, 3.63) is 53.3 Å². The molecule has 23 heavy (non-hydrogen) atoms. The Morgan fingerprint density at radius 1 is 1.09 bits per heavy atom. The van der Waals surface area contributed by atoms with E-state index < -0.39 is 38.5 Å². The summed E-state index contributed by atoms with van der Waals surface area (Å²) in [5.41, 5.74) is -0.392. The fourth-order valence-electron chi connectivity index (χ4n) is 1.61. The number of nitrogens with one attached hydrogen (secondary N) is 1. The minimum absolute atomic E-state index is 0.0611. The lowest BCUT2D eigenvalue weighted by atomic mass is 10.3. The monoisotopic (exact) mass is 369 g/mol. The minimum Gasteiger partial charge on any atom is -0.406 e. The number of anilines is 1. The molecule has 0 fully saturated rings. The summed E-state index contributed by atoms with van der Waals surface area (Å²) in [5, 5.41) is 0.0611. The van der Waals surface area contributed by atoms with Crippen LogP contribution >= 0.6 is 11.6 Å². The van der Waals surface area contributed by atoms with Crippen molar-refractivity contribution >= 4 is 27.3 Å². The maximum atomic E-state index is 13.6. The van der Waals surface area contributed by atoms with Crippen LogP contribution in [0.3, 0.4) is 0 Å². The third-order valence-electron chi connectivity index (χ3n) is 2.52. The van der Waals surface area contributed by atoms with Crippen LogP contribution in [0, 0.1) is 5.82 Å². The first-order chi connectivity index (χ1) is 10.6. The summed E-state index contributed by atoms with van der Waals surface area (Å²) in [5.74, 6) is -1.64. The number of sulfonamides is 1. The topological polar surface area (TPSA) is 55.4 Å². The van der Waals surface area contributed by atoms with Crippen molar-refractivity contribution in [3.63, 3.8) is 0 Å². The van der Waals surface area contributed by atoms with Crippen LogP contribution in [0.4, 0.5) is 23.2 Å². The van der Waals surface area contributed by atoms with Gasteiger partial charge in [-0.05, 0) is 30.3 Å². The highest BCUT2D eigenvalue weighted by molar-refractivity contribution is 7.92. The van der Waals surface area contributed by atoms with E-state index in [1.165, 1.54) is 6.07 Å². The molecule has 10 heteroatoms. The van der Waals surface area contributed by atoms with Crippen molar-refractivity contribution in [2.45, 2.75) is 11.3 Å². The van der Waals surface area contributed by atoms with Gasteiger partial charge in [0.05, 0.1) is 10.6 Å². The van der Waals surface area contributed by atoms with Gasteiger partial charge in [-0.1, -0.05) is 17.7 Å². The molecule has 2 rings (SSSR count). The van der Waals surface area contributed by atoms with Crippen LogP contribution < -0.4 is 9.46 Å². The van der Waals surface area contributed by atoms with Crippen LogP contribution in [0.25, 0.3) is 0 Å². The molecule has 2 aromatic rings. The van der Waals surface area contributed by atoms with E-state index in [1.54, 1.807) is 0 Å². The SMILES string of the molecule is O=S(=O)(Nc1ccc(Cl)cc1F)c1cccc(OC(F)(F)F)c1. The summed E-state index contributed by atoms with van der Waals surface area (Å²) >= 11 is 5.55. The van der Waals surface area contributed by atoms with E-state index in [9.17, 15) is 26.0 Å². The van der Waals surface area contributed by atoms with Gasteiger partial charge >= 0.3 is 6.36 Å². The molecule has 0 aromatic heterocycles. The molecule has 0 saturated heterocycles. The lowest BCUT2D eigenvalue weighted by molar-refractivity contribution is -0.274. The molecule has 0 radical (unpaired) electrons. The zero-order valence-electron chi connectivity index (χ0n) is 11.1. The van der Waals surface area contributed by atoms with Crippen molar-refractivity contribution in [3.8, 4) is 5.75 Å². The third kappa shape index (κ3) is 4.73. The van der Waals surface area contributed by atoms with Crippen LogP contribution in [0.1, 0.15) is 0 Å². The van der Waals surface area contributed by atoms with Gasteiger partial charge in [0.2, 0.25) is 0 Å². The molecule has 4 nitrogen and oxygen atoms in total. The molecule has 0 saturated carbocycles. The molecule has 0 aliphatic carbocycles. The van der Waals surface area contributed by atoms with Gasteiger partial charge in [-0.25, -0.2) is 12.8 Å². The van der Waals surface area contributed by atoms with E-state index in [0.29, 0.717) is 6.07 Å². The second-order valence-electron chi connectivity index (χ2n) is 4.25. The Hall–Kier alpha value is -2.00. The predicted molar refractivity (Wildman–Crippen MR) is 75.3 cm³/mol. The summed E-state index contributed by atoms with van der Waals surface area (Å²) in [6.45, 7) is 0. The van der Waals surface area contributed by atoms with E-state index in [4.69, 9.17) is 11.6 Å². The first-order valence-corrected chi connectivity index (χ1v) is 7.77. The number of alkyl halides is 3. The number of halogens is 5. The molecule has 0 heterocycles. The Labute approximate surface area is 133 Å². The maximum absolute atomic E-state index is 13.6. The Morgan fingerprint density at radius 2 is 1.78 bits per heavy atom. The van der Waals surface area contributed by atoms with Crippen LogP contribution in [0.15, 0.2) is 47.4 Å². The van der Waals surface area contributed by atoms with Crippen molar-refractivity contribution in [1.29, 1.82) is 0 Å². The molecule has 0 aliphatic heterocycles. The Kier molecular flexibility index (Phi) is 4.71. The van der Waals surface area contributed by atoms with Gasteiger partial charge in [-0.15, -0.1) is 13.2 Å². The summed E-state index contributed by atoms with van der Waals surface area (Å²) < 4.78 is 79.9. The summed E-state index contributed by atoms with van der Waals surface area (Å²) in [6.07, 6.45) is -4.96. The van der Waals surface area contributed by atoms with Crippen LogP contribution in [0.2, 0.25) is 5.02 Å². The van der Waals surface area contributed by atoms with Gasteiger partial charge in [0, 0.05) is 11.1 Å². The molecule has 1 N–H and O–H groups in total. The van der Waals surface area contributed by atoms with Gasteiger partial charge in [-0.3, -0.25) is 4.72 Å². The van der Waals surface area contributed by atoms with Crippen molar-refractivity contribution in [2.75, 3.05) is 4.72 Å². The van der Waals surface area contributed by atoms with E-state index in [2.05, 4.69) is 4.74 Å².